The number of hydrogen-bond acceptors (Lipinski definition) is 3. The molecule has 1 aliphatic carbocycles. The summed E-state index contributed by atoms with van der Waals surface area (Å²) in [6, 6.07) is 4.60. The lowest BCUT2D eigenvalue weighted by Crippen LogP contribution is -2.43. The fourth-order valence-electron chi connectivity index (χ4n) is 1.65. The zero-order chi connectivity index (χ0) is 12.4. The molecule has 0 saturated heterocycles. The second-order valence-corrected chi connectivity index (χ2v) is 7.03. The maximum Gasteiger partial charge on any atom is 0.237 e. The zero-order valence-corrected chi connectivity index (χ0v) is 12.4. The highest BCUT2D eigenvalue weighted by atomic mass is 79.9. The Bertz CT molecular complexity index is 403. The van der Waals surface area contributed by atoms with E-state index < -0.39 is 0 Å². The van der Waals surface area contributed by atoms with Crippen LogP contribution in [0.2, 0.25) is 0 Å². The minimum Gasteiger partial charge on any atom is -0.352 e. The third-order valence-corrected chi connectivity index (χ3v) is 4.64. The second kappa shape index (κ2) is 5.50. The van der Waals surface area contributed by atoms with Gasteiger partial charge < -0.3 is 5.32 Å². The van der Waals surface area contributed by atoms with E-state index in [9.17, 15) is 4.79 Å². The summed E-state index contributed by atoms with van der Waals surface area (Å²) < 4.78 is 1.12. The van der Waals surface area contributed by atoms with Crippen LogP contribution in [0.4, 0.5) is 0 Å². The van der Waals surface area contributed by atoms with E-state index in [0.29, 0.717) is 6.04 Å². The van der Waals surface area contributed by atoms with Gasteiger partial charge >= 0.3 is 0 Å². The minimum absolute atomic E-state index is 0.106. The number of carbonyl (C=O) groups excluding carboxylic acids is 1. The Morgan fingerprint density at radius 3 is 2.71 bits per heavy atom. The Morgan fingerprint density at radius 1 is 1.47 bits per heavy atom. The fourth-order valence-corrected chi connectivity index (χ4v) is 3.08. The second-order valence-electron chi connectivity index (χ2n) is 4.53. The smallest absolute Gasteiger partial charge is 0.237 e. The first-order valence-corrected chi connectivity index (χ1v) is 7.49. The molecule has 2 N–H and O–H groups in total. The molecule has 2 unspecified atom stereocenters. The molecule has 3 nitrogen and oxygen atoms in total. The van der Waals surface area contributed by atoms with E-state index in [4.69, 9.17) is 0 Å². The molecule has 1 amide bonds. The van der Waals surface area contributed by atoms with Gasteiger partial charge in [0.15, 0.2) is 0 Å². The van der Waals surface area contributed by atoms with Crippen LogP contribution in [0.5, 0.6) is 0 Å². The molecule has 0 spiro atoms. The predicted molar refractivity (Wildman–Crippen MR) is 74.2 cm³/mol. The average molecular weight is 317 g/mol. The Hall–Kier alpha value is -0.390. The van der Waals surface area contributed by atoms with Crippen molar-refractivity contribution in [2.75, 3.05) is 0 Å². The molecule has 1 heterocycles. The Morgan fingerprint density at radius 2 is 2.18 bits per heavy atom. The molecule has 5 heteroatoms. The standard InChI is InChI=1S/C12H17BrN2OS/c1-7(10-5-6-11(13)17-10)14-8(2)12(16)15-9-3-4-9/h5-9,14H,3-4H2,1-2H3,(H,15,16). The van der Waals surface area contributed by atoms with Gasteiger partial charge in [0, 0.05) is 17.0 Å². The van der Waals surface area contributed by atoms with Crippen molar-refractivity contribution in [3.05, 3.63) is 20.8 Å². The minimum atomic E-state index is -0.147. The van der Waals surface area contributed by atoms with E-state index in [-0.39, 0.29) is 18.0 Å². The van der Waals surface area contributed by atoms with Gasteiger partial charge in [-0.15, -0.1) is 11.3 Å². The van der Waals surface area contributed by atoms with Crippen LogP contribution in [0.1, 0.15) is 37.6 Å². The van der Waals surface area contributed by atoms with E-state index in [2.05, 4.69) is 39.6 Å². The number of hydrogen-bond donors (Lipinski definition) is 2. The van der Waals surface area contributed by atoms with Gasteiger partial charge in [0.05, 0.1) is 9.83 Å². The third-order valence-electron chi connectivity index (χ3n) is 2.84. The molecule has 2 rings (SSSR count). The van der Waals surface area contributed by atoms with Crippen molar-refractivity contribution in [1.29, 1.82) is 0 Å². The highest BCUT2D eigenvalue weighted by molar-refractivity contribution is 9.11. The average Bonchev–Trinajstić information content (AvgIpc) is 2.97. The quantitative estimate of drug-likeness (QED) is 0.877. The van der Waals surface area contributed by atoms with Gasteiger partial charge in [-0.2, -0.15) is 0 Å². The summed E-state index contributed by atoms with van der Waals surface area (Å²) in [5, 5.41) is 6.33. The first kappa shape index (κ1) is 13.1. The number of carbonyl (C=O) groups is 1. The molecule has 1 aromatic rings. The summed E-state index contributed by atoms with van der Waals surface area (Å²) in [5.41, 5.74) is 0. The molecule has 0 bridgehead atoms. The van der Waals surface area contributed by atoms with Gasteiger partial charge in [-0.05, 0) is 54.8 Å². The van der Waals surface area contributed by atoms with Gasteiger partial charge in [-0.25, -0.2) is 0 Å². The lowest BCUT2D eigenvalue weighted by molar-refractivity contribution is -0.123. The third kappa shape index (κ3) is 3.79. The lowest BCUT2D eigenvalue weighted by Gasteiger charge is -2.18. The Balaban J connectivity index is 1.84. The summed E-state index contributed by atoms with van der Waals surface area (Å²) in [7, 11) is 0. The van der Waals surface area contributed by atoms with E-state index in [0.717, 1.165) is 16.6 Å². The van der Waals surface area contributed by atoms with Crippen LogP contribution >= 0.6 is 27.3 Å². The van der Waals surface area contributed by atoms with Crippen molar-refractivity contribution >= 4 is 33.2 Å². The van der Waals surface area contributed by atoms with Crippen LogP contribution in [0.25, 0.3) is 0 Å². The van der Waals surface area contributed by atoms with Crippen LogP contribution in [0, 0.1) is 0 Å². The first-order valence-electron chi connectivity index (χ1n) is 5.88. The molecule has 2 atom stereocenters. The van der Waals surface area contributed by atoms with Crippen LogP contribution < -0.4 is 10.6 Å². The summed E-state index contributed by atoms with van der Waals surface area (Å²) >= 11 is 5.15. The largest absolute Gasteiger partial charge is 0.352 e. The Labute approximate surface area is 114 Å². The molecular weight excluding hydrogens is 300 g/mol. The molecule has 1 saturated carbocycles. The van der Waals surface area contributed by atoms with E-state index in [1.54, 1.807) is 11.3 Å². The predicted octanol–water partition coefficient (Wildman–Crippen LogP) is 2.83. The van der Waals surface area contributed by atoms with Crippen LogP contribution in [0.15, 0.2) is 15.9 Å². The SMILES string of the molecule is CC(NC(C)c1ccc(Br)s1)C(=O)NC1CC1. The lowest BCUT2D eigenvalue weighted by atomic mass is 10.2. The van der Waals surface area contributed by atoms with Crippen LogP contribution in [-0.4, -0.2) is 18.0 Å². The summed E-state index contributed by atoms with van der Waals surface area (Å²) in [5.74, 6) is 0.106. The van der Waals surface area contributed by atoms with Crippen molar-refractivity contribution in [1.82, 2.24) is 10.6 Å². The van der Waals surface area contributed by atoms with Gasteiger partial charge in [0.25, 0.3) is 0 Å². The van der Waals surface area contributed by atoms with Gasteiger partial charge in [-0.3, -0.25) is 10.1 Å². The van der Waals surface area contributed by atoms with Crippen LogP contribution in [-0.2, 0) is 4.79 Å². The van der Waals surface area contributed by atoms with Crippen molar-refractivity contribution in [2.45, 2.75) is 44.8 Å². The zero-order valence-electron chi connectivity index (χ0n) is 10.00. The van der Waals surface area contributed by atoms with Crippen molar-refractivity contribution in [2.24, 2.45) is 0 Å². The number of rotatable bonds is 5. The number of amides is 1. The molecule has 0 aromatic carbocycles. The van der Waals surface area contributed by atoms with E-state index >= 15 is 0 Å². The summed E-state index contributed by atoms with van der Waals surface area (Å²) in [4.78, 5) is 13.0. The molecule has 1 fully saturated rings. The summed E-state index contributed by atoms with van der Waals surface area (Å²) in [6.45, 7) is 4.00. The fraction of sp³-hybridized carbons (Fsp3) is 0.583. The van der Waals surface area contributed by atoms with Crippen molar-refractivity contribution in [3.63, 3.8) is 0 Å². The molecular formula is C12H17BrN2OS. The van der Waals surface area contributed by atoms with E-state index in [1.807, 2.05) is 13.0 Å². The van der Waals surface area contributed by atoms with Crippen molar-refractivity contribution < 1.29 is 4.79 Å². The van der Waals surface area contributed by atoms with Gasteiger partial charge in [-0.1, -0.05) is 0 Å². The maximum atomic E-state index is 11.8. The number of nitrogens with one attached hydrogen (secondary N) is 2. The highest BCUT2D eigenvalue weighted by Gasteiger charge is 2.26. The monoisotopic (exact) mass is 316 g/mol. The van der Waals surface area contributed by atoms with E-state index in [1.165, 1.54) is 4.88 Å². The molecule has 94 valence electrons. The first-order chi connectivity index (χ1) is 8.06. The summed E-state index contributed by atoms with van der Waals surface area (Å²) in [6.07, 6.45) is 2.26. The normalized spacial score (nSPS) is 18.8. The topological polar surface area (TPSA) is 41.1 Å². The Kier molecular flexibility index (Phi) is 4.22. The molecule has 0 aliphatic heterocycles. The van der Waals surface area contributed by atoms with Gasteiger partial charge in [0.2, 0.25) is 5.91 Å². The maximum absolute atomic E-state index is 11.8. The molecule has 1 aromatic heterocycles. The molecule has 1 aliphatic rings. The van der Waals surface area contributed by atoms with Crippen LogP contribution in [0.3, 0.4) is 0 Å². The number of halogens is 1. The van der Waals surface area contributed by atoms with Gasteiger partial charge in [0.1, 0.15) is 0 Å². The molecule has 0 radical (unpaired) electrons. The van der Waals surface area contributed by atoms with Crippen molar-refractivity contribution in [3.8, 4) is 0 Å². The number of thiophene rings is 1. The molecule has 17 heavy (non-hydrogen) atoms. The highest BCUT2D eigenvalue weighted by Crippen LogP contribution is 2.27.